The molecule has 1 aromatic rings. The van der Waals surface area contributed by atoms with Crippen molar-refractivity contribution in [1.82, 2.24) is 4.90 Å². The second-order valence-corrected chi connectivity index (χ2v) is 6.98. The van der Waals surface area contributed by atoms with E-state index in [2.05, 4.69) is 0 Å². The summed E-state index contributed by atoms with van der Waals surface area (Å²) in [5.74, 6) is -2.19. The maximum Gasteiger partial charge on any atom is 0.338 e. The molecule has 3 aliphatic rings. The summed E-state index contributed by atoms with van der Waals surface area (Å²) < 4.78 is 38.3. The van der Waals surface area contributed by atoms with Crippen LogP contribution in [0.3, 0.4) is 0 Å². The molecule has 6 heteroatoms. The number of nitrogens with zero attached hydrogens (tertiary/aromatic N) is 1. The van der Waals surface area contributed by atoms with Crippen LogP contribution in [0.15, 0.2) is 18.2 Å². The van der Waals surface area contributed by atoms with Crippen molar-refractivity contribution in [2.75, 3.05) is 13.1 Å². The van der Waals surface area contributed by atoms with Crippen LogP contribution in [0.1, 0.15) is 48.0 Å². The first kappa shape index (κ1) is 15.8. The molecule has 24 heavy (non-hydrogen) atoms. The molecule has 2 aliphatic heterocycles. The molecule has 2 fully saturated rings. The van der Waals surface area contributed by atoms with E-state index < -0.39 is 5.92 Å². The van der Waals surface area contributed by atoms with Gasteiger partial charge in [-0.15, -0.1) is 0 Å². The molecule has 1 aromatic carbocycles. The first-order valence-corrected chi connectivity index (χ1v) is 8.60. The highest BCUT2D eigenvalue weighted by atomic mass is 19.3. The van der Waals surface area contributed by atoms with Gasteiger partial charge in [-0.05, 0) is 37.5 Å². The summed E-state index contributed by atoms with van der Waals surface area (Å²) >= 11 is 0. The van der Waals surface area contributed by atoms with Crippen molar-refractivity contribution in [3.63, 3.8) is 0 Å². The van der Waals surface area contributed by atoms with Crippen LogP contribution in [0.25, 0.3) is 0 Å². The average Bonchev–Trinajstić information content (AvgIpc) is 3.10. The fourth-order valence-corrected chi connectivity index (χ4v) is 4.04. The highest BCUT2D eigenvalue weighted by molar-refractivity contribution is 5.93. The number of alkyl halides is 2. The number of hydrogen-bond donors (Lipinski definition) is 0. The third kappa shape index (κ3) is 2.99. The van der Waals surface area contributed by atoms with Crippen molar-refractivity contribution in [2.24, 2.45) is 0 Å². The molecule has 0 amide bonds. The monoisotopic (exact) mass is 337 g/mol. The van der Waals surface area contributed by atoms with E-state index >= 15 is 0 Å². The molecule has 1 saturated heterocycles. The standard InChI is InChI=1S/C18H21F2NO3/c19-18(20)7-8-21(11-18)15-3-1-2-4-16(15)24-13-5-6-14-12(9-13)10-23-17(14)22/h5-6,9,15-16H,1-4,7-8,10-11H2/t15-,16-/m0/s1. The predicted octanol–water partition coefficient (Wildman–Crippen LogP) is 3.39. The van der Waals surface area contributed by atoms with Gasteiger partial charge in [-0.1, -0.05) is 6.42 Å². The van der Waals surface area contributed by atoms with Gasteiger partial charge in [0.15, 0.2) is 0 Å². The molecule has 130 valence electrons. The Morgan fingerprint density at radius 3 is 2.88 bits per heavy atom. The van der Waals surface area contributed by atoms with E-state index in [4.69, 9.17) is 9.47 Å². The van der Waals surface area contributed by atoms with Gasteiger partial charge in [-0.3, -0.25) is 4.90 Å². The van der Waals surface area contributed by atoms with Gasteiger partial charge in [0.1, 0.15) is 18.5 Å². The van der Waals surface area contributed by atoms with Crippen molar-refractivity contribution in [3.05, 3.63) is 29.3 Å². The van der Waals surface area contributed by atoms with Crippen LogP contribution in [0.4, 0.5) is 8.78 Å². The summed E-state index contributed by atoms with van der Waals surface area (Å²) in [5.41, 5.74) is 1.42. The Hall–Kier alpha value is -1.69. The molecule has 2 atom stereocenters. The van der Waals surface area contributed by atoms with Gasteiger partial charge < -0.3 is 9.47 Å². The molecule has 4 rings (SSSR count). The molecular weight excluding hydrogens is 316 g/mol. The van der Waals surface area contributed by atoms with Crippen LogP contribution in [0.2, 0.25) is 0 Å². The molecule has 1 saturated carbocycles. The number of hydrogen-bond acceptors (Lipinski definition) is 4. The van der Waals surface area contributed by atoms with Gasteiger partial charge in [-0.25, -0.2) is 13.6 Å². The number of benzene rings is 1. The third-order valence-corrected chi connectivity index (χ3v) is 5.28. The molecular formula is C18H21F2NO3. The summed E-state index contributed by atoms with van der Waals surface area (Å²) in [6.45, 7) is 0.548. The van der Waals surface area contributed by atoms with Crippen LogP contribution >= 0.6 is 0 Å². The molecule has 2 heterocycles. The topological polar surface area (TPSA) is 38.8 Å². The number of fused-ring (bicyclic) bond motifs is 1. The second-order valence-electron chi connectivity index (χ2n) is 6.98. The number of cyclic esters (lactones) is 1. The van der Waals surface area contributed by atoms with Crippen LogP contribution in [0.5, 0.6) is 5.75 Å². The average molecular weight is 337 g/mol. The number of carbonyl (C=O) groups is 1. The van der Waals surface area contributed by atoms with Gasteiger partial charge in [0, 0.05) is 24.6 Å². The highest BCUT2D eigenvalue weighted by Crippen LogP contribution is 2.35. The summed E-state index contributed by atoms with van der Waals surface area (Å²) in [4.78, 5) is 13.4. The highest BCUT2D eigenvalue weighted by Gasteiger charge is 2.43. The number of esters is 1. The zero-order valence-electron chi connectivity index (χ0n) is 13.5. The van der Waals surface area contributed by atoms with Crippen molar-refractivity contribution < 1.29 is 23.0 Å². The van der Waals surface area contributed by atoms with Gasteiger partial charge in [0.2, 0.25) is 0 Å². The number of ether oxygens (including phenoxy) is 2. The number of carbonyl (C=O) groups excluding carboxylic acids is 1. The molecule has 1 aliphatic carbocycles. The molecule has 4 nitrogen and oxygen atoms in total. The minimum Gasteiger partial charge on any atom is -0.489 e. The largest absolute Gasteiger partial charge is 0.489 e. The van der Waals surface area contributed by atoms with Crippen molar-refractivity contribution in [1.29, 1.82) is 0 Å². The number of likely N-dealkylation sites (tertiary alicyclic amines) is 1. The van der Waals surface area contributed by atoms with Crippen LogP contribution in [0, 0.1) is 0 Å². The first-order valence-electron chi connectivity index (χ1n) is 8.60. The molecule has 0 unspecified atom stereocenters. The van der Waals surface area contributed by atoms with E-state index in [1.807, 2.05) is 11.0 Å². The van der Waals surface area contributed by atoms with E-state index in [9.17, 15) is 13.6 Å². The Morgan fingerprint density at radius 2 is 2.08 bits per heavy atom. The number of halogens is 2. The van der Waals surface area contributed by atoms with Crippen molar-refractivity contribution >= 4 is 5.97 Å². The fraction of sp³-hybridized carbons (Fsp3) is 0.611. The quantitative estimate of drug-likeness (QED) is 0.793. The summed E-state index contributed by atoms with van der Waals surface area (Å²) in [6, 6.07) is 5.38. The Bertz CT molecular complexity index is 649. The maximum absolute atomic E-state index is 13.6. The molecule has 0 bridgehead atoms. The van der Waals surface area contributed by atoms with E-state index in [0.29, 0.717) is 17.9 Å². The Kier molecular flexibility index (Phi) is 3.95. The third-order valence-electron chi connectivity index (χ3n) is 5.28. The van der Waals surface area contributed by atoms with Gasteiger partial charge >= 0.3 is 5.97 Å². The SMILES string of the molecule is O=C1OCc2cc(O[C@H]3CCCC[C@@H]3N3CCC(F)(F)C3)ccc21. The summed E-state index contributed by atoms with van der Waals surface area (Å²) in [7, 11) is 0. The normalized spacial score (nSPS) is 29.3. The minimum absolute atomic E-state index is 0.0401. The first-order chi connectivity index (χ1) is 11.5. The molecule has 0 aromatic heterocycles. The summed E-state index contributed by atoms with van der Waals surface area (Å²) in [5, 5.41) is 0. The fourth-order valence-electron chi connectivity index (χ4n) is 4.04. The smallest absolute Gasteiger partial charge is 0.338 e. The van der Waals surface area contributed by atoms with Gasteiger partial charge in [-0.2, -0.15) is 0 Å². The zero-order chi connectivity index (χ0) is 16.7. The van der Waals surface area contributed by atoms with Crippen LogP contribution in [-0.2, 0) is 11.3 Å². The lowest BCUT2D eigenvalue weighted by atomic mass is 9.91. The lowest BCUT2D eigenvalue weighted by Gasteiger charge is -2.37. The van der Waals surface area contributed by atoms with Gasteiger partial charge in [0.05, 0.1) is 12.1 Å². The van der Waals surface area contributed by atoms with E-state index in [-0.39, 0.29) is 37.7 Å². The Labute approximate surface area is 139 Å². The zero-order valence-corrected chi connectivity index (χ0v) is 13.5. The van der Waals surface area contributed by atoms with E-state index in [0.717, 1.165) is 31.2 Å². The number of rotatable bonds is 3. The van der Waals surface area contributed by atoms with Crippen molar-refractivity contribution in [3.8, 4) is 5.75 Å². The molecule has 0 spiro atoms. The van der Waals surface area contributed by atoms with E-state index in [1.165, 1.54) is 0 Å². The predicted molar refractivity (Wildman–Crippen MR) is 83.4 cm³/mol. The van der Waals surface area contributed by atoms with Crippen LogP contribution < -0.4 is 4.74 Å². The van der Waals surface area contributed by atoms with Crippen LogP contribution in [-0.4, -0.2) is 42.0 Å². The Balaban J connectivity index is 1.49. The lowest BCUT2D eigenvalue weighted by molar-refractivity contribution is -0.00972. The van der Waals surface area contributed by atoms with Gasteiger partial charge in [0.25, 0.3) is 5.92 Å². The Morgan fingerprint density at radius 1 is 1.25 bits per heavy atom. The molecule has 0 N–H and O–H groups in total. The van der Waals surface area contributed by atoms with E-state index in [1.54, 1.807) is 12.1 Å². The lowest BCUT2D eigenvalue weighted by Crippen LogP contribution is -2.47. The van der Waals surface area contributed by atoms with Crippen molar-refractivity contribution in [2.45, 2.75) is 56.8 Å². The second kappa shape index (κ2) is 5.99. The molecule has 0 radical (unpaired) electrons. The summed E-state index contributed by atoms with van der Waals surface area (Å²) in [6.07, 6.45) is 3.74. The maximum atomic E-state index is 13.6. The minimum atomic E-state index is -2.58.